The lowest BCUT2D eigenvalue weighted by Crippen LogP contribution is -2.19. The van der Waals surface area contributed by atoms with Crippen molar-refractivity contribution in [1.82, 2.24) is 4.98 Å². The van der Waals surface area contributed by atoms with Crippen LogP contribution in [0.1, 0.15) is 28.8 Å². The Morgan fingerprint density at radius 2 is 1.81 bits per heavy atom. The highest BCUT2D eigenvalue weighted by atomic mass is 35.5. The molecule has 2 atom stereocenters. The van der Waals surface area contributed by atoms with E-state index in [0.29, 0.717) is 17.3 Å². The van der Waals surface area contributed by atoms with Gasteiger partial charge in [-0.15, -0.1) is 11.6 Å². The normalized spacial score (nSPS) is 12.9. The van der Waals surface area contributed by atoms with Gasteiger partial charge in [-0.25, -0.2) is 22.9 Å². The number of nitrogens with zero attached hydrogens (tertiary/aromatic N) is 1. The van der Waals surface area contributed by atoms with Gasteiger partial charge in [0.25, 0.3) is 0 Å². The molecule has 0 bridgehead atoms. The van der Waals surface area contributed by atoms with Gasteiger partial charge in [-0.3, -0.25) is 4.79 Å². The largest absolute Gasteiger partial charge is 0.465 e. The topological polar surface area (TPSA) is 65.5 Å². The van der Waals surface area contributed by atoms with Crippen LogP contribution in [0.5, 0.6) is 5.75 Å². The maximum atomic E-state index is 14.0. The zero-order valence-corrected chi connectivity index (χ0v) is 18.5. The van der Waals surface area contributed by atoms with Crippen LogP contribution in [0, 0.1) is 11.6 Å². The lowest BCUT2D eigenvalue weighted by atomic mass is 10.0. The summed E-state index contributed by atoms with van der Waals surface area (Å²) < 4.78 is 50.1. The zero-order chi connectivity index (χ0) is 23.4. The fourth-order valence-corrected chi connectivity index (χ4v) is 3.90. The van der Waals surface area contributed by atoms with Gasteiger partial charge in [0, 0.05) is 11.5 Å². The summed E-state index contributed by atoms with van der Waals surface area (Å²) in [7, 11) is 1.08. The number of fused-ring (bicyclic) bond motifs is 1. The van der Waals surface area contributed by atoms with Gasteiger partial charge in [0.1, 0.15) is 22.0 Å². The molecule has 1 aromatic heterocycles. The smallest absolute Gasteiger partial charge is 0.344 e. The molecule has 0 aliphatic rings. The second-order valence-electron chi connectivity index (χ2n) is 6.63. The van der Waals surface area contributed by atoms with E-state index in [0.717, 1.165) is 19.2 Å². The fraction of sp³-hybridized carbons (Fsp3) is 0.227. The number of hydrogen-bond donors (Lipinski definition) is 0. The van der Waals surface area contributed by atoms with E-state index in [1.165, 1.54) is 0 Å². The van der Waals surface area contributed by atoms with E-state index in [9.17, 15) is 22.8 Å². The van der Waals surface area contributed by atoms with E-state index in [-0.39, 0.29) is 27.2 Å². The monoisotopic (exact) mass is 483 g/mol. The molecular weight excluding hydrogens is 467 g/mol. The Hall–Kier alpha value is -2.78. The molecule has 0 radical (unpaired) electrons. The van der Waals surface area contributed by atoms with Gasteiger partial charge in [0.2, 0.25) is 0 Å². The molecule has 0 N–H and O–H groups in total. The van der Waals surface area contributed by atoms with Gasteiger partial charge >= 0.3 is 11.9 Å². The minimum atomic E-state index is -1.23. The molecule has 3 aromatic rings. The third kappa shape index (κ3) is 4.99. The molecule has 0 aliphatic carbocycles. The van der Waals surface area contributed by atoms with Gasteiger partial charge in [0.05, 0.1) is 18.5 Å². The van der Waals surface area contributed by atoms with Gasteiger partial charge < -0.3 is 9.47 Å². The number of methoxy groups -OCH3 is 1. The van der Waals surface area contributed by atoms with Crippen LogP contribution >= 0.6 is 23.4 Å². The van der Waals surface area contributed by atoms with Crippen LogP contribution in [0.25, 0.3) is 10.9 Å². The Balaban J connectivity index is 2.21. The standard InChI is InChI=1S/C22H17ClF3NO4S/c1-11(12-6-4-3-5-7-12)21(28)31-19-13-8-14(25)15(26)9-16(13)27-20(32-17(23)10-24)18(19)22(29)30-2/h3-9,11,17H,10H2,1-2H3. The van der Waals surface area contributed by atoms with Crippen molar-refractivity contribution < 1.29 is 32.2 Å². The maximum absolute atomic E-state index is 14.0. The van der Waals surface area contributed by atoms with Crippen molar-refractivity contribution in [3.05, 3.63) is 65.2 Å². The first-order valence-corrected chi connectivity index (χ1v) is 10.6. The summed E-state index contributed by atoms with van der Waals surface area (Å²) in [4.78, 5) is 29.6. The van der Waals surface area contributed by atoms with Crippen LogP contribution in [-0.2, 0) is 9.53 Å². The van der Waals surface area contributed by atoms with Crippen LogP contribution in [0.3, 0.4) is 0 Å². The van der Waals surface area contributed by atoms with E-state index in [1.807, 2.05) is 0 Å². The van der Waals surface area contributed by atoms with Crippen molar-refractivity contribution in [2.24, 2.45) is 0 Å². The van der Waals surface area contributed by atoms with Gasteiger partial charge in [-0.05, 0) is 18.6 Å². The molecule has 0 saturated carbocycles. The lowest BCUT2D eigenvalue weighted by molar-refractivity contribution is -0.135. The van der Waals surface area contributed by atoms with Crippen LogP contribution in [-0.4, -0.2) is 35.4 Å². The van der Waals surface area contributed by atoms with Crippen molar-refractivity contribution in [2.45, 2.75) is 22.6 Å². The van der Waals surface area contributed by atoms with Crippen LogP contribution < -0.4 is 4.74 Å². The van der Waals surface area contributed by atoms with Crippen molar-refractivity contribution >= 4 is 46.2 Å². The molecule has 168 valence electrons. The molecule has 10 heteroatoms. The van der Waals surface area contributed by atoms with Crippen LogP contribution in [0.2, 0.25) is 0 Å². The molecule has 2 unspecified atom stereocenters. The Morgan fingerprint density at radius 3 is 2.44 bits per heavy atom. The Labute approximate surface area is 190 Å². The summed E-state index contributed by atoms with van der Waals surface area (Å²) in [5.74, 6) is -5.29. The molecule has 1 heterocycles. The number of hydrogen-bond acceptors (Lipinski definition) is 6. The minimum Gasteiger partial charge on any atom is -0.465 e. The van der Waals surface area contributed by atoms with Gasteiger partial charge in [0.15, 0.2) is 17.4 Å². The highest BCUT2D eigenvalue weighted by molar-refractivity contribution is 8.01. The molecular formula is C22H17ClF3NO4S. The molecule has 0 amide bonds. The van der Waals surface area contributed by atoms with Gasteiger partial charge in [-0.1, -0.05) is 42.1 Å². The summed E-state index contributed by atoms with van der Waals surface area (Å²) in [5, 5.41) is -0.281. The minimum absolute atomic E-state index is 0.114. The fourth-order valence-electron chi connectivity index (χ4n) is 2.90. The molecule has 0 spiro atoms. The van der Waals surface area contributed by atoms with Gasteiger partial charge in [-0.2, -0.15) is 0 Å². The van der Waals surface area contributed by atoms with E-state index in [2.05, 4.69) is 4.98 Å². The lowest BCUT2D eigenvalue weighted by Gasteiger charge is -2.18. The maximum Gasteiger partial charge on any atom is 0.344 e. The van der Waals surface area contributed by atoms with Crippen molar-refractivity contribution in [3.63, 3.8) is 0 Å². The van der Waals surface area contributed by atoms with Crippen LogP contribution in [0.15, 0.2) is 47.5 Å². The van der Waals surface area contributed by atoms with E-state index < -0.39 is 40.9 Å². The number of ether oxygens (including phenoxy) is 2. The van der Waals surface area contributed by atoms with E-state index in [4.69, 9.17) is 21.1 Å². The number of benzene rings is 2. The first-order valence-electron chi connectivity index (χ1n) is 9.31. The second-order valence-corrected chi connectivity index (χ2v) is 8.61. The number of aromatic nitrogens is 1. The molecule has 3 rings (SSSR count). The number of thioether (sulfide) groups is 1. The van der Waals surface area contributed by atoms with Crippen LogP contribution in [0.4, 0.5) is 13.2 Å². The number of halogens is 4. The number of alkyl halides is 2. The average molecular weight is 484 g/mol. The average Bonchev–Trinajstić information content (AvgIpc) is 2.79. The SMILES string of the molecule is COC(=O)c1c(SC(Cl)CF)nc2cc(F)c(F)cc2c1OC(=O)C(C)c1ccccc1. The third-order valence-corrected chi connectivity index (χ3v) is 5.84. The summed E-state index contributed by atoms with van der Waals surface area (Å²) >= 11 is 6.53. The molecule has 32 heavy (non-hydrogen) atoms. The Kier molecular flexibility index (Phi) is 7.63. The van der Waals surface area contributed by atoms with E-state index >= 15 is 0 Å². The van der Waals surface area contributed by atoms with Crippen molar-refractivity contribution in [1.29, 1.82) is 0 Å². The molecule has 0 saturated heterocycles. The first kappa shape index (κ1) is 23.9. The van der Waals surface area contributed by atoms with Crippen molar-refractivity contribution in [3.8, 4) is 5.75 Å². The Morgan fingerprint density at radius 1 is 1.16 bits per heavy atom. The number of carbonyl (C=O) groups excluding carboxylic acids is 2. The predicted molar refractivity (Wildman–Crippen MR) is 115 cm³/mol. The number of pyridine rings is 1. The van der Waals surface area contributed by atoms with Crippen molar-refractivity contribution in [2.75, 3.05) is 13.8 Å². The zero-order valence-electron chi connectivity index (χ0n) is 16.9. The quantitative estimate of drug-likeness (QED) is 0.246. The molecule has 0 aliphatic heterocycles. The number of esters is 2. The number of rotatable bonds is 7. The highest BCUT2D eigenvalue weighted by Gasteiger charge is 2.29. The summed E-state index contributed by atoms with van der Waals surface area (Å²) in [5.41, 5.74) is 0.182. The summed E-state index contributed by atoms with van der Waals surface area (Å²) in [6.07, 6.45) is 0. The van der Waals surface area contributed by atoms with E-state index in [1.54, 1.807) is 37.3 Å². The second kappa shape index (κ2) is 10.2. The third-order valence-electron chi connectivity index (χ3n) is 4.55. The Bertz CT molecular complexity index is 1160. The first-order chi connectivity index (χ1) is 15.3. The number of carbonyl (C=O) groups is 2. The molecule has 5 nitrogen and oxygen atoms in total. The summed E-state index contributed by atoms with van der Waals surface area (Å²) in [6, 6.07) is 10.2. The molecule has 2 aromatic carbocycles. The summed E-state index contributed by atoms with van der Waals surface area (Å²) in [6.45, 7) is 0.622. The predicted octanol–water partition coefficient (Wildman–Crippen LogP) is 5.64. The highest BCUT2D eigenvalue weighted by Crippen LogP contribution is 2.39. The molecule has 0 fully saturated rings.